The average molecular weight is 314 g/mol. The van der Waals surface area contributed by atoms with Gasteiger partial charge in [-0.3, -0.25) is 0 Å². The summed E-state index contributed by atoms with van der Waals surface area (Å²) in [5, 5.41) is 9.22. The highest BCUT2D eigenvalue weighted by atomic mass is 32.2. The Morgan fingerprint density at radius 3 is 2.67 bits per heavy atom. The number of nitrogens with zero attached hydrogens (tertiary/aromatic N) is 2. The van der Waals surface area contributed by atoms with E-state index in [0.29, 0.717) is 30.9 Å². The van der Waals surface area contributed by atoms with Gasteiger partial charge in [-0.25, -0.2) is 8.42 Å². The summed E-state index contributed by atoms with van der Waals surface area (Å²) in [5.41, 5.74) is 0.552. The molecule has 1 aliphatic rings. The van der Waals surface area contributed by atoms with Crippen molar-refractivity contribution >= 4 is 10.0 Å². The molecule has 118 valence electrons. The standard InChI is InChI=1S/C14H22N2O4S/c1-11-9-16(7-6-15(11)2)21(18,19)14-8-12(10-17)4-5-13(14)20-3/h4-5,8,11,17H,6-7,9-10H2,1-3H3. The highest BCUT2D eigenvalue weighted by molar-refractivity contribution is 7.89. The third kappa shape index (κ3) is 3.21. The van der Waals surface area contributed by atoms with Crippen molar-refractivity contribution in [3.8, 4) is 5.75 Å². The third-order valence-corrected chi connectivity index (χ3v) is 5.84. The lowest BCUT2D eigenvalue weighted by Crippen LogP contribution is -2.51. The van der Waals surface area contributed by atoms with Crippen molar-refractivity contribution in [2.45, 2.75) is 24.5 Å². The summed E-state index contributed by atoms with van der Waals surface area (Å²) in [6.07, 6.45) is 0. The minimum Gasteiger partial charge on any atom is -0.495 e. The molecule has 1 aromatic carbocycles. The van der Waals surface area contributed by atoms with E-state index >= 15 is 0 Å². The minimum atomic E-state index is -3.62. The second-order valence-corrected chi connectivity index (χ2v) is 7.24. The van der Waals surface area contributed by atoms with Gasteiger partial charge < -0.3 is 14.7 Å². The second-order valence-electron chi connectivity index (χ2n) is 5.34. The van der Waals surface area contributed by atoms with Crippen molar-refractivity contribution in [1.29, 1.82) is 0 Å². The zero-order valence-corrected chi connectivity index (χ0v) is 13.4. The SMILES string of the molecule is COc1ccc(CO)cc1S(=O)(=O)N1CCN(C)C(C)C1. The molecule has 1 aromatic rings. The number of benzene rings is 1. The normalized spacial score (nSPS) is 21.4. The van der Waals surface area contributed by atoms with Gasteiger partial charge in [-0.15, -0.1) is 0 Å². The van der Waals surface area contributed by atoms with Crippen LogP contribution in [-0.4, -0.2) is 62.6 Å². The zero-order chi connectivity index (χ0) is 15.6. The maximum Gasteiger partial charge on any atom is 0.246 e. The molecule has 0 bridgehead atoms. The van der Waals surface area contributed by atoms with Gasteiger partial charge in [0.2, 0.25) is 10.0 Å². The first-order chi connectivity index (χ1) is 9.90. The Bertz CT molecular complexity index is 603. The minimum absolute atomic E-state index is 0.119. The van der Waals surface area contributed by atoms with Crippen LogP contribution in [0.25, 0.3) is 0 Å². The number of hydrogen-bond acceptors (Lipinski definition) is 5. The molecule has 7 heteroatoms. The van der Waals surface area contributed by atoms with Gasteiger partial charge in [-0.1, -0.05) is 6.07 Å². The molecule has 1 N–H and O–H groups in total. The van der Waals surface area contributed by atoms with Crippen LogP contribution >= 0.6 is 0 Å². The van der Waals surface area contributed by atoms with Crippen molar-refractivity contribution < 1.29 is 18.3 Å². The fourth-order valence-electron chi connectivity index (χ4n) is 2.39. The van der Waals surface area contributed by atoms with Gasteiger partial charge in [-0.2, -0.15) is 4.31 Å². The molecule has 0 saturated carbocycles. The van der Waals surface area contributed by atoms with Crippen LogP contribution in [0.2, 0.25) is 0 Å². The molecule has 1 aliphatic heterocycles. The largest absolute Gasteiger partial charge is 0.495 e. The average Bonchev–Trinajstić information content (AvgIpc) is 2.49. The summed E-state index contributed by atoms with van der Waals surface area (Å²) in [4.78, 5) is 2.25. The van der Waals surface area contributed by atoms with Gasteiger partial charge in [-0.05, 0) is 31.7 Å². The highest BCUT2D eigenvalue weighted by Crippen LogP contribution is 2.29. The summed E-state index contributed by atoms with van der Waals surface area (Å²) >= 11 is 0. The van der Waals surface area contributed by atoms with Crippen LogP contribution < -0.4 is 4.74 Å². The van der Waals surface area contributed by atoms with Crippen LogP contribution in [0.15, 0.2) is 23.1 Å². The molecule has 1 atom stereocenters. The maximum absolute atomic E-state index is 12.8. The number of rotatable bonds is 4. The Hall–Kier alpha value is -1.15. The van der Waals surface area contributed by atoms with Crippen LogP contribution in [0.3, 0.4) is 0 Å². The molecule has 0 radical (unpaired) electrons. The summed E-state index contributed by atoms with van der Waals surface area (Å²) in [5.74, 6) is 0.304. The molecule has 2 rings (SSSR count). The molecule has 21 heavy (non-hydrogen) atoms. The fraction of sp³-hybridized carbons (Fsp3) is 0.571. The van der Waals surface area contributed by atoms with E-state index in [0.717, 1.165) is 0 Å². The van der Waals surface area contributed by atoms with Gasteiger partial charge in [0, 0.05) is 25.7 Å². The van der Waals surface area contributed by atoms with Crippen LogP contribution in [0.4, 0.5) is 0 Å². The molecule has 1 fully saturated rings. The quantitative estimate of drug-likeness (QED) is 0.877. The zero-order valence-electron chi connectivity index (χ0n) is 12.6. The van der Waals surface area contributed by atoms with E-state index in [4.69, 9.17) is 4.74 Å². The Balaban J connectivity index is 2.39. The first-order valence-electron chi connectivity index (χ1n) is 6.88. The van der Waals surface area contributed by atoms with Crippen LogP contribution in [0, 0.1) is 0 Å². The van der Waals surface area contributed by atoms with Crippen molar-refractivity contribution in [2.24, 2.45) is 0 Å². The van der Waals surface area contributed by atoms with E-state index in [1.54, 1.807) is 12.1 Å². The summed E-state index contributed by atoms with van der Waals surface area (Å²) in [6, 6.07) is 4.89. The smallest absolute Gasteiger partial charge is 0.246 e. The van der Waals surface area contributed by atoms with Crippen molar-refractivity contribution in [1.82, 2.24) is 9.21 Å². The number of likely N-dealkylation sites (N-methyl/N-ethyl adjacent to an activating group) is 1. The van der Waals surface area contributed by atoms with Gasteiger partial charge in [0.05, 0.1) is 13.7 Å². The van der Waals surface area contributed by atoms with Crippen molar-refractivity contribution in [3.05, 3.63) is 23.8 Å². The van der Waals surface area contributed by atoms with Crippen molar-refractivity contribution in [2.75, 3.05) is 33.8 Å². The second kappa shape index (κ2) is 6.31. The molecule has 1 saturated heterocycles. The number of ether oxygens (including phenoxy) is 1. The van der Waals surface area contributed by atoms with Crippen LogP contribution in [-0.2, 0) is 16.6 Å². The summed E-state index contributed by atoms with van der Waals surface area (Å²) < 4.78 is 32.3. The molecule has 0 aliphatic carbocycles. The van der Waals surface area contributed by atoms with E-state index in [9.17, 15) is 13.5 Å². The van der Waals surface area contributed by atoms with Gasteiger partial charge in [0.1, 0.15) is 10.6 Å². The molecule has 0 spiro atoms. The Morgan fingerprint density at radius 2 is 2.10 bits per heavy atom. The van der Waals surface area contributed by atoms with Crippen LogP contribution in [0.5, 0.6) is 5.75 Å². The summed E-state index contributed by atoms with van der Waals surface area (Å²) in [6.45, 7) is 3.40. The Morgan fingerprint density at radius 1 is 1.38 bits per heavy atom. The van der Waals surface area contributed by atoms with E-state index < -0.39 is 10.0 Å². The topological polar surface area (TPSA) is 70.1 Å². The molecule has 0 amide bonds. The summed E-state index contributed by atoms with van der Waals surface area (Å²) in [7, 11) is -0.191. The number of methoxy groups -OCH3 is 1. The van der Waals surface area contributed by atoms with E-state index in [1.165, 1.54) is 17.5 Å². The first-order valence-corrected chi connectivity index (χ1v) is 8.32. The van der Waals surface area contributed by atoms with Gasteiger partial charge in [0.25, 0.3) is 0 Å². The van der Waals surface area contributed by atoms with E-state index in [1.807, 2.05) is 14.0 Å². The Labute approximate surface area is 126 Å². The number of piperazine rings is 1. The third-order valence-electron chi connectivity index (χ3n) is 3.95. The lowest BCUT2D eigenvalue weighted by molar-refractivity contribution is 0.159. The molecule has 6 nitrogen and oxygen atoms in total. The monoisotopic (exact) mass is 314 g/mol. The number of aliphatic hydroxyl groups excluding tert-OH is 1. The molecular weight excluding hydrogens is 292 g/mol. The molecule has 1 heterocycles. The highest BCUT2D eigenvalue weighted by Gasteiger charge is 2.32. The number of hydrogen-bond donors (Lipinski definition) is 1. The fourth-order valence-corrected chi connectivity index (χ4v) is 4.11. The Kier molecular flexibility index (Phi) is 4.88. The number of aliphatic hydroxyl groups is 1. The van der Waals surface area contributed by atoms with E-state index in [2.05, 4.69) is 4.90 Å². The molecular formula is C14H22N2O4S. The molecule has 1 unspecified atom stereocenters. The predicted molar refractivity (Wildman–Crippen MR) is 79.8 cm³/mol. The lowest BCUT2D eigenvalue weighted by Gasteiger charge is -2.37. The predicted octanol–water partition coefficient (Wildman–Crippen LogP) is 0.512. The lowest BCUT2D eigenvalue weighted by atomic mass is 10.2. The van der Waals surface area contributed by atoms with Crippen LogP contribution in [0.1, 0.15) is 12.5 Å². The first kappa shape index (κ1) is 16.2. The van der Waals surface area contributed by atoms with Crippen molar-refractivity contribution in [3.63, 3.8) is 0 Å². The number of sulfonamides is 1. The maximum atomic E-state index is 12.8. The molecule has 0 aromatic heterocycles. The van der Waals surface area contributed by atoms with Gasteiger partial charge >= 0.3 is 0 Å². The van der Waals surface area contributed by atoms with Gasteiger partial charge in [0.15, 0.2) is 0 Å². The van der Waals surface area contributed by atoms with E-state index in [-0.39, 0.29) is 17.5 Å².